The molecule has 3 heteroatoms. The highest BCUT2D eigenvalue weighted by atomic mass is 14.8. The SMILES string of the molecule is CNCCC1(N)CCCC(N)C1. The summed E-state index contributed by atoms with van der Waals surface area (Å²) in [5.74, 6) is 0. The Bertz CT molecular complexity index is 138. The van der Waals surface area contributed by atoms with E-state index >= 15 is 0 Å². The predicted molar refractivity (Wildman–Crippen MR) is 51.9 cm³/mol. The quantitative estimate of drug-likeness (QED) is 0.568. The van der Waals surface area contributed by atoms with Gasteiger partial charge in [-0.2, -0.15) is 0 Å². The summed E-state index contributed by atoms with van der Waals surface area (Å²) < 4.78 is 0. The summed E-state index contributed by atoms with van der Waals surface area (Å²) in [6.07, 6.45) is 5.54. The number of hydrogen-bond donors (Lipinski definition) is 3. The van der Waals surface area contributed by atoms with Crippen molar-refractivity contribution in [3.63, 3.8) is 0 Å². The van der Waals surface area contributed by atoms with Gasteiger partial charge in [0.25, 0.3) is 0 Å². The Morgan fingerprint density at radius 1 is 1.58 bits per heavy atom. The Labute approximate surface area is 74.9 Å². The van der Waals surface area contributed by atoms with Gasteiger partial charge in [-0.25, -0.2) is 0 Å². The predicted octanol–water partition coefficient (Wildman–Crippen LogP) is 0.195. The first-order valence-electron chi connectivity index (χ1n) is 4.85. The summed E-state index contributed by atoms with van der Waals surface area (Å²) in [7, 11) is 1.96. The van der Waals surface area contributed by atoms with E-state index in [9.17, 15) is 0 Å². The molecule has 1 saturated carbocycles. The fraction of sp³-hybridized carbons (Fsp3) is 1.00. The fourth-order valence-corrected chi connectivity index (χ4v) is 2.04. The molecule has 2 unspecified atom stereocenters. The Kier molecular flexibility index (Phi) is 3.50. The number of rotatable bonds is 3. The number of nitrogens with one attached hydrogen (secondary N) is 1. The molecule has 1 rings (SSSR count). The maximum atomic E-state index is 6.22. The van der Waals surface area contributed by atoms with Gasteiger partial charge in [0.05, 0.1) is 0 Å². The molecule has 0 aromatic carbocycles. The minimum absolute atomic E-state index is 0.0146. The molecule has 3 nitrogen and oxygen atoms in total. The lowest BCUT2D eigenvalue weighted by Crippen LogP contribution is -2.49. The van der Waals surface area contributed by atoms with Crippen molar-refractivity contribution in [1.82, 2.24) is 5.32 Å². The molecule has 0 spiro atoms. The van der Waals surface area contributed by atoms with Crippen molar-refractivity contribution in [2.45, 2.75) is 43.7 Å². The van der Waals surface area contributed by atoms with Gasteiger partial charge in [-0.15, -0.1) is 0 Å². The van der Waals surface area contributed by atoms with E-state index in [1.54, 1.807) is 0 Å². The highest BCUT2D eigenvalue weighted by molar-refractivity contribution is 4.92. The van der Waals surface area contributed by atoms with E-state index in [4.69, 9.17) is 11.5 Å². The minimum Gasteiger partial charge on any atom is -0.328 e. The van der Waals surface area contributed by atoms with E-state index in [1.165, 1.54) is 6.42 Å². The maximum absolute atomic E-state index is 6.22. The molecule has 0 heterocycles. The molecular weight excluding hydrogens is 150 g/mol. The topological polar surface area (TPSA) is 64.1 Å². The highest BCUT2D eigenvalue weighted by Gasteiger charge is 2.30. The average Bonchev–Trinajstić information content (AvgIpc) is 2.01. The van der Waals surface area contributed by atoms with E-state index in [0.717, 1.165) is 32.2 Å². The Morgan fingerprint density at radius 2 is 2.33 bits per heavy atom. The molecule has 2 atom stereocenters. The second-order valence-corrected chi connectivity index (χ2v) is 4.07. The van der Waals surface area contributed by atoms with Crippen LogP contribution in [0.3, 0.4) is 0 Å². The van der Waals surface area contributed by atoms with Crippen LogP contribution in [0.15, 0.2) is 0 Å². The fourth-order valence-electron chi connectivity index (χ4n) is 2.04. The van der Waals surface area contributed by atoms with Gasteiger partial charge in [0, 0.05) is 11.6 Å². The molecule has 0 aromatic rings. The molecule has 5 N–H and O–H groups in total. The summed E-state index contributed by atoms with van der Waals surface area (Å²) in [5, 5.41) is 3.13. The third-order valence-electron chi connectivity index (χ3n) is 2.79. The van der Waals surface area contributed by atoms with Gasteiger partial charge in [0.15, 0.2) is 0 Å². The first-order valence-corrected chi connectivity index (χ1v) is 4.85. The zero-order valence-electron chi connectivity index (χ0n) is 7.97. The number of nitrogens with two attached hydrogens (primary N) is 2. The smallest absolute Gasteiger partial charge is 0.0181 e. The Balaban J connectivity index is 2.35. The molecule has 0 aliphatic heterocycles. The van der Waals surface area contributed by atoms with Crippen molar-refractivity contribution in [2.24, 2.45) is 11.5 Å². The second kappa shape index (κ2) is 4.21. The van der Waals surface area contributed by atoms with Crippen LogP contribution in [0.2, 0.25) is 0 Å². The van der Waals surface area contributed by atoms with Crippen molar-refractivity contribution in [3.05, 3.63) is 0 Å². The van der Waals surface area contributed by atoms with Crippen LogP contribution in [0, 0.1) is 0 Å². The highest BCUT2D eigenvalue weighted by Crippen LogP contribution is 2.27. The monoisotopic (exact) mass is 171 g/mol. The average molecular weight is 171 g/mol. The van der Waals surface area contributed by atoms with Crippen LogP contribution in [0.25, 0.3) is 0 Å². The van der Waals surface area contributed by atoms with Crippen molar-refractivity contribution < 1.29 is 0 Å². The largest absolute Gasteiger partial charge is 0.328 e. The van der Waals surface area contributed by atoms with Gasteiger partial charge < -0.3 is 16.8 Å². The van der Waals surface area contributed by atoms with Crippen LogP contribution in [0.1, 0.15) is 32.1 Å². The molecule has 0 aromatic heterocycles. The molecule has 1 aliphatic rings. The van der Waals surface area contributed by atoms with Gasteiger partial charge in [0.2, 0.25) is 0 Å². The summed E-state index contributed by atoms with van der Waals surface area (Å²) in [6, 6.07) is 0.334. The normalized spacial score (nSPS) is 36.8. The van der Waals surface area contributed by atoms with Gasteiger partial charge >= 0.3 is 0 Å². The first-order chi connectivity index (χ1) is 5.66. The van der Waals surface area contributed by atoms with Crippen molar-refractivity contribution in [1.29, 1.82) is 0 Å². The summed E-state index contributed by atoms with van der Waals surface area (Å²) in [4.78, 5) is 0. The molecule has 0 bridgehead atoms. The summed E-state index contributed by atoms with van der Waals surface area (Å²) in [5.41, 5.74) is 12.1. The van der Waals surface area contributed by atoms with E-state index in [0.29, 0.717) is 6.04 Å². The van der Waals surface area contributed by atoms with Gasteiger partial charge in [-0.05, 0) is 39.3 Å². The van der Waals surface area contributed by atoms with Crippen molar-refractivity contribution in [3.8, 4) is 0 Å². The standard InChI is InChI=1S/C9H21N3/c1-12-6-5-9(11)4-2-3-8(10)7-9/h8,12H,2-7,10-11H2,1H3. The van der Waals surface area contributed by atoms with Gasteiger partial charge in [-0.1, -0.05) is 6.42 Å². The third kappa shape index (κ3) is 2.73. The first kappa shape index (κ1) is 9.96. The van der Waals surface area contributed by atoms with Crippen LogP contribution in [-0.2, 0) is 0 Å². The molecular formula is C9H21N3. The van der Waals surface area contributed by atoms with E-state index in [2.05, 4.69) is 5.32 Å². The second-order valence-electron chi connectivity index (χ2n) is 4.07. The van der Waals surface area contributed by atoms with Crippen molar-refractivity contribution in [2.75, 3.05) is 13.6 Å². The lowest BCUT2D eigenvalue weighted by Gasteiger charge is -2.36. The molecule has 1 aliphatic carbocycles. The number of hydrogen-bond acceptors (Lipinski definition) is 3. The zero-order chi connectivity index (χ0) is 9.03. The molecule has 0 saturated heterocycles. The minimum atomic E-state index is 0.0146. The van der Waals surface area contributed by atoms with Crippen LogP contribution in [-0.4, -0.2) is 25.2 Å². The maximum Gasteiger partial charge on any atom is 0.0181 e. The van der Waals surface area contributed by atoms with E-state index in [-0.39, 0.29) is 5.54 Å². The van der Waals surface area contributed by atoms with Crippen LogP contribution in [0.4, 0.5) is 0 Å². The van der Waals surface area contributed by atoms with Gasteiger partial charge in [-0.3, -0.25) is 0 Å². The van der Waals surface area contributed by atoms with Crippen molar-refractivity contribution >= 4 is 0 Å². The molecule has 72 valence electrons. The van der Waals surface area contributed by atoms with E-state index in [1.807, 2.05) is 7.05 Å². The third-order valence-corrected chi connectivity index (χ3v) is 2.79. The molecule has 0 radical (unpaired) electrons. The zero-order valence-corrected chi connectivity index (χ0v) is 7.97. The lowest BCUT2D eigenvalue weighted by molar-refractivity contribution is 0.253. The molecule has 0 amide bonds. The van der Waals surface area contributed by atoms with E-state index < -0.39 is 0 Å². The lowest BCUT2D eigenvalue weighted by atomic mass is 9.78. The summed E-state index contributed by atoms with van der Waals surface area (Å²) in [6.45, 7) is 1.00. The van der Waals surface area contributed by atoms with Crippen LogP contribution in [0.5, 0.6) is 0 Å². The molecule has 1 fully saturated rings. The van der Waals surface area contributed by atoms with Crippen LogP contribution >= 0.6 is 0 Å². The Hall–Kier alpha value is -0.120. The summed E-state index contributed by atoms with van der Waals surface area (Å²) >= 11 is 0. The molecule has 12 heavy (non-hydrogen) atoms. The van der Waals surface area contributed by atoms with Crippen LogP contribution < -0.4 is 16.8 Å². The Morgan fingerprint density at radius 3 is 2.92 bits per heavy atom. The van der Waals surface area contributed by atoms with Gasteiger partial charge in [0.1, 0.15) is 0 Å².